The summed E-state index contributed by atoms with van der Waals surface area (Å²) in [5.74, 6) is 6.25. The van der Waals surface area contributed by atoms with Crippen LogP contribution in [0.15, 0.2) is 266 Å². The summed E-state index contributed by atoms with van der Waals surface area (Å²) >= 11 is 5.52. The predicted octanol–water partition coefficient (Wildman–Crippen LogP) is 5.30. The number of rotatable bonds is 36. The summed E-state index contributed by atoms with van der Waals surface area (Å²) in [6.07, 6.45) is 17.5. The van der Waals surface area contributed by atoms with Gasteiger partial charge in [-0.3, -0.25) is 14.7 Å². The van der Waals surface area contributed by atoms with Gasteiger partial charge in [0.1, 0.15) is 50.9 Å². The van der Waals surface area contributed by atoms with Crippen molar-refractivity contribution < 1.29 is 185 Å². The smallest absolute Gasteiger partial charge is 0.282 e. The average molecular weight is 2510 g/mol. The highest BCUT2D eigenvalue weighted by molar-refractivity contribution is 8.04. The number of ether oxygens (including phenoxy) is 3. The predicted molar refractivity (Wildman–Crippen MR) is 540 cm³/mol. The van der Waals surface area contributed by atoms with Crippen LogP contribution in [0.1, 0.15) is 116 Å². The van der Waals surface area contributed by atoms with Crippen LogP contribution in [0.2, 0.25) is 0 Å². The highest BCUT2D eigenvalue weighted by atomic mass is 127. The number of hydrogen-bond donors (Lipinski definition) is 0. The van der Waals surface area contributed by atoms with Crippen LogP contribution in [0.4, 0.5) is 34.5 Å². The third-order valence-electron chi connectivity index (χ3n) is 24.7. The maximum atomic E-state index is 5.78. The number of halogens is 6. The van der Waals surface area contributed by atoms with E-state index in [0.717, 1.165) is 150 Å². The zero-order valence-corrected chi connectivity index (χ0v) is 96.1. The topological polar surface area (TPSA) is 58.8 Å². The minimum absolute atomic E-state index is 0. The number of methoxy groups -OCH3 is 3. The number of hydrogen-bond acceptors (Lipinski definition) is 12. The van der Waals surface area contributed by atoms with Gasteiger partial charge in [-0.1, -0.05) is 167 Å². The lowest BCUT2D eigenvalue weighted by atomic mass is 10.1. The molecule has 3 aliphatic heterocycles. The molecule has 0 atom stereocenters. The Hall–Kier alpha value is -6.06. The van der Waals surface area contributed by atoms with Gasteiger partial charge in [0.2, 0.25) is 0 Å². The van der Waals surface area contributed by atoms with Crippen molar-refractivity contribution in [1.29, 1.82) is 0 Å². The monoisotopic (exact) mass is 2510 g/mol. The lowest BCUT2D eigenvalue weighted by molar-refractivity contribution is -0.890. The van der Waals surface area contributed by atoms with E-state index in [-0.39, 0.29) is 144 Å². The van der Waals surface area contributed by atoms with E-state index in [1.54, 1.807) is 21.3 Å². The number of para-hydroxylation sites is 6. The van der Waals surface area contributed by atoms with Crippen LogP contribution in [0.3, 0.4) is 0 Å². The molecule has 15 nitrogen and oxygen atoms in total. The van der Waals surface area contributed by atoms with Gasteiger partial charge in [0.05, 0.1) is 174 Å². The number of thioether (sulfide) groups is 3. The SMILES string of the molecule is CCCCN(CCC[N+](C)(C)CCC)c1cc(C=C2Sc3ccccc3N2C)c2ccc(OC)cc2[n+]1-c1ccccc1.CCCN(CCC[N+](C)(C)CCC)c1cc(C=C2Sc3ccccc3N2C)c2ccc(OC)cc2[n+]1-c1ccccc1.CCC[N+](C)(C)CCCN(CC)c1cc(C=C2Sc3ccccc3N2C)c2ccc(OC)cc2[n+]1-c1ccccc1.[I-].[I-].[I-].[I-].[I-].[I-]. The first-order valence-electron chi connectivity index (χ1n) is 45.8. The Morgan fingerprint density at radius 3 is 0.848 bits per heavy atom. The van der Waals surface area contributed by atoms with E-state index in [1.165, 1.54) is 148 Å². The molecule has 0 saturated heterocycles. The number of nitrogens with zero attached hydrogens (tertiary/aromatic N) is 12. The molecule has 0 aliphatic carbocycles. The lowest BCUT2D eigenvalue weighted by Gasteiger charge is -2.30. The molecule has 3 aromatic heterocycles. The number of anilines is 6. The Morgan fingerprint density at radius 2 is 0.576 bits per heavy atom. The van der Waals surface area contributed by atoms with Crippen molar-refractivity contribution in [2.75, 3.05) is 193 Å². The molecule has 132 heavy (non-hydrogen) atoms. The number of quaternary nitrogens is 3. The summed E-state index contributed by atoms with van der Waals surface area (Å²) < 4.78 is 27.8. The van der Waals surface area contributed by atoms with Gasteiger partial charge in [-0.2, -0.15) is 13.7 Å². The molecule has 0 spiro atoms. The Morgan fingerprint density at radius 1 is 0.303 bits per heavy atom. The van der Waals surface area contributed by atoms with Crippen LogP contribution in [0.5, 0.6) is 17.2 Å². The van der Waals surface area contributed by atoms with E-state index in [2.05, 4.69) is 403 Å². The van der Waals surface area contributed by atoms with E-state index in [9.17, 15) is 0 Å². The first-order chi connectivity index (χ1) is 61.0. The molecule has 0 N–H and O–H groups in total. The van der Waals surface area contributed by atoms with Gasteiger partial charge < -0.3 is 186 Å². The Bertz CT molecular complexity index is 5800. The summed E-state index contributed by atoms with van der Waals surface area (Å²) in [6, 6.07) is 84.9. The summed E-state index contributed by atoms with van der Waals surface area (Å²) in [4.78, 5) is 18.6. The van der Waals surface area contributed by atoms with Gasteiger partial charge in [0.15, 0.2) is 0 Å². The Balaban J connectivity index is 0.000000265. The molecule has 0 fully saturated rings. The van der Waals surface area contributed by atoms with E-state index >= 15 is 0 Å². The molecule has 0 saturated carbocycles. The molecule has 12 aromatic rings. The minimum atomic E-state index is 0. The molecule has 24 heteroatoms. The number of unbranched alkanes of at least 4 members (excludes halogenated alkanes) is 1. The normalized spacial score (nSPS) is 13.4. The van der Waals surface area contributed by atoms with Gasteiger partial charge in [0, 0.05) is 108 Å². The van der Waals surface area contributed by atoms with Crippen molar-refractivity contribution in [1.82, 2.24) is 0 Å². The fraction of sp³-hybridized carbons (Fsp3) is 0.361. The molecular weight excluding hydrogens is 2370 g/mol. The number of benzene rings is 9. The van der Waals surface area contributed by atoms with Crippen molar-refractivity contribution in [3.05, 3.63) is 268 Å². The van der Waals surface area contributed by atoms with Crippen LogP contribution >= 0.6 is 35.3 Å². The summed E-state index contributed by atoms with van der Waals surface area (Å²) in [5, 5.41) is 7.32. The fourth-order valence-electron chi connectivity index (χ4n) is 18.1. The van der Waals surface area contributed by atoms with Crippen LogP contribution in [0, 0.1) is 0 Å². The third-order valence-corrected chi connectivity index (χ3v) is 28.2. The van der Waals surface area contributed by atoms with Crippen molar-refractivity contribution in [2.24, 2.45) is 0 Å². The molecule has 0 unspecified atom stereocenters. The van der Waals surface area contributed by atoms with Gasteiger partial charge in [-0.15, -0.1) is 0 Å². The number of aromatic nitrogens is 3. The second kappa shape index (κ2) is 53.8. The molecular formula is C108H138I6N12O3S3. The van der Waals surface area contributed by atoms with E-state index in [4.69, 9.17) is 14.2 Å². The Labute approximate surface area is 905 Å². The highest BCUT2D eigenvalue weighted by Gasteiger charge is 2.34. The highest BCUT2D eigenvalue weighted by Crippen LogP contribution is 2.49. The van der Waals surface area contributed by atoms with Crippen molar-refractivity contribution in [3.8, 4) is 34.3 Å². The van der Waals surface area contributed by atoms with Crippen LogP contribution in [0.25, 0.3) is 68.0 Å². The minimum Gasteiger partial charge on any atom is -1.00 e. The summed E-state index contributed by atoms with van der Waals surface area (Å²) in [7, 11) is 25.9. The zero-order valence-electron chi connectivity index (χ0n) is 80.7. The molecule has 0 bridgehead atoms. The van der Waals surface area contributed by atoms with Gasteiger partial charge >= 0.3 is 0 Å². The molecule has 3 aliphatic rings. The maximum absolute atomic E-state index is 5.78. The summed E-state index contributed by atoms with van der Waals surface area (Å²) in [6.45, 7) is 26.8. The molecule has 6 heterocycles. The third kappa shape index (κ3) is 28.2. The van der Waals surface area contributed by atoms with Crippen LogP contribution < -0.4 is 201 Å². The van der Waals surface area contributed by atoms with E-state index < -0.39 is 0 Å². The number of pyridine rings is 3. The van der Waals surface area contributed by atoms with Crippen molar-refractivity contribution in [2.45, 2.75) is 114 Å². The van der Waals surface area contributed by atoms with Crippen molar-refractivity contribution >= 4 is 121 Å². The molecule has 0 amide bonds. The maximum Gasteiger partial charge on any atom is 0.282 e. The molecule has 708 valence electrons. The standard InChI is InChI=1S/C37H48N4OS.C36H46N4OS.C35H44N4OS.6HI/c1-7-9-22-39(23-15-25-41(4,5)24-8-2)36-26-29(27-37-38(3)33-18-13-14-19-35(33)43-37)32-21-20-31(42-6)28-34(32)40(36)30-16-11-10-12-17-30;1-7-21-38(22-14-24-40(4,5)23-8-2)35-25-28(26-36-37(3)32-17-12-13-18-34(32)42-36)31-20-19-30(41-6)27-33(31)39(35)29-15-10-9-11-16-29;1-7-22-39(4,5)23-14-21-37(8-2)34-24-27(25-35-36(3)31-17-12-13-18-33(31)41-35)30-20-19-29(40-6)26-32(30)38(34)28-15-10-9-11-16-28;;;;;;/h10-14,16-21,26-28H,7-9,15,22-25H2,1-6H3;9-13,15-20,25-27H,7-8,14,21-24H2,1-6H3;9-13,15-20,24-26H,7-8,14,21-23H2,1-6H3;6*1H/q3*+2;;;;;;/p-6. The van der Waals surface area contributed by atoms with E-state index in [0.29, 0.717) is 0 Å². The largest absolute Gasteiger partial charge is 1.00 e. The van der Waals surface area contributed by atoms with Crippen LogP contribution in [-0.2, 0) is 0 Å². The zero-order chi connectivity index (χ0) is 89.1. The van der Waals surface area contributed by atoms with E-state index in [1.807, 2.05) is 35.3 Å². The quantitative estimate of drug-likeness (QED) is 0.0292. The second-order valence-corrected chi connectivity index (χ2v) is 38.7. The summed E-state index contributed by atoms with van der Waals surface area (Å²) in [5.41, 5.74) is 14.4. The molecule has 9 aromatic carbocycles. The average Bonchev–Trinajstić information content (AvgIpc) is 1.07. The first kappa shape index (κ1) is 113. The number of fused-ring (bicyclic) bond motifs is 6. The molecule has 0 radical (unpaired) electrons. The molecule has 15 rings (SSSR count). The van der Waals surface area contributed by atoms with Gasteiger partial charge in [0.25, 0.3) is 17.5 Å². The Kier molecular flexibility index (Phi) is 46.0. The van der Waals surface area contributed by atoms with Crippen LogP contribution in [-0.4, -0.2) is 177 Å². The van der Waals surface area contributed by atoms with Gasteiger partial charge in [-0.25, -0.2) is 0 Å². The fourth-order valence-corrected chi connectivity index (χ4v) is 21.4. The van der Waals surface area contributed by atoms with Gasteiger partial charge in [-0.05, 0) is 183 Å². The lowest BCUT2D eigenvalue weighted by Crippen LogP contribution is -3.00. The van der Waals surface area contributed by atoms with Crippen molar-refractivity contribution in [3.63, 3.8) is 0 Å². The second-order valence-electron chi connectivity index (χ2n) is 35.5. The first-order valence-corrected chi connectivity index (χ1v) is 48.2.